The summed E-state index contributed by atoms with van der Waals surface area (Å²) >= 11 is 0. The van der Waals surface area contributed by atoms with Crippen molar-refractivity contribution in [1.29, 1.82) is 0 Å². The molecule has 1 saturated heterocycles. The summed E-state index contributed by atoms with van der Waals surface area (Å²) in [7, 11) is -3.41. The molecular weight excluding hydrogens is 336 g/mol. The van der Waals surface area contributed by atoms with E-state index in [9.17, 15) is 8.42 Å². The molecule has 25 heavy (non-hydrogen) atoms. The van der Waals surface area contributed by atoms with Crippen molar-refractivity contribution in [3.05, 3.63) is 29.3 Å². The Hall–Kier alpha value is -0.950. The van der Waals surface area contributed by atoms with E-state index in [-0.39, 0.29) is 12.2 Å². The van der Waals surface area contributed by atoms with Gasteiger partial charge in [0.15, 0.2) is 0 Å². The zero-order chi connectivity index (χ0) is 17.9. The average Bonchev–Trinajstić information content (AvgIpc) is 2.57. The number of sulfonamides is 1. The van der Waals surface area contributed by atoms with E-state index in [4.69, 9.17) is 4.74 Å². The normalized spacial score (nSPS) is 24.9. The Morgan fingerprint density at radius 3 is 2.52 bits per heavy atom. The van der Waals surface area contributed by atoms with Crippen LogP contribution in [0, 0.1) is 0 Å². The summed E-state index contributed by atoms with van der Waals surface area (Å²) in [6.07, 6.45) is 5.72. The lowest BCUT2D eigenvalue weighted by Gasteiger charge is -2.35. The van der Waals surface area contributed by atoms with Crippen LogP contribution in [0.15, 0.2) is 23.1 Å². The van der Waals surface area contributed by atoms with E-state index in [0.29, 0.717) is 11.4 Å². The molecule has 0 radical (unpaired) electrons. The number of hydrogen-bond donors (Lipinski definition) is 1. The van der Waals surface area contributed by atoms with Crippen molar-refractivity contribution in [3.63, 3.8) is 0 Å². The van der Waals surface area contributed by atoms with E-state index in [1.165, 1.54) is 17.5 Å². The molecule has 1 N–H and O–H groups in total. The van der Waals surface area contributed by atoms with E-state index in [1.807, 2.05) is 12.1 Å². The molecule has 0 spiro atoms. The zero-order valence-corrected chi connectivity index (χ0v) is 16.1. The van der Waals surface area contributed by atoms with Gasteiger partial charge < -0.3 is 4.74 Å². The maximum atomic E-state index is 12.5. The quantitative estimate of drug-likeness (QED) is 0.785. The molecule has 2 unspecified atom stereocenters. The number of nitrogens with zero attached hydrogens (tertiary/aromatic N) is 1. The summed E-state index contributed by atoms with van der Waals surface area (Å²) < 4.78 is 33.5. The van der Waals surface area contributed by atoms with Gasteiger partial charge in [-0.05, 0) is 75.8 Å². The number of ether oxygens (including phenoxy) is 1. The predicted molar refractivity (Wildman–Crippen MR) is 99.3 cm³/mol. The van der Waals surface area contributed by atoms with Crippen LogP contribution in [-0.4, -0.2) is 51.7 Å². The summed E-state index contributed by atoms with van der Waals surface area (Å²) in [5, 5.41) is 0. The highest BCUT2D eigenvalue weighted by molar-refractivity contribution is 7.89. The first-order valence-electron chi connectivity index (χ1n) is 9.43. The van der Waals surface area contributed by atoms with Gasteiger partial charge in [0.05, 0.1) is 17.1 Å². The Labute approximate surface area is 151 Å². The smallest absolute Gasteiger partial charge is 0.240 e. The molecule has 0 amide bonds. The lowest BCUT2D eigenvalue weighted by Crippen LogP contribution is -2.46. The Kier molecular flexibility index (Phi) is 6.15. The Balaban J connectivity index is 1.50. The van der Waals surface area contributed by atoms with Crippen molar-refractivity contribution >= 4 is 10.0 Å². The van der Waals surface area contributed by atoms with E-state index in [0.717, 1.165) is 45.3 Å². The van der Waals surface area contributed by atoms with Gasteiger partial charge in [-0.15, -0.1) is 0 Å². The third kappa shape index (κ3) is 5.03. The number of rotatable bonds is 6. The minimum atomic E-state index is -3.41. The number of fused-ring (bicyclic) bond motifs is 1. The summed E-state index contributed by atoms with van der Waals surface area (Å²) in [5.74, 6) is 0. The monoisotopic (exact) mass is 366 g/mol. The number of nitrogens with one attached hydrogen (secondary N) is 1. The lowest BCUT2D eigenvalue weighted by molar-refractivity contribution is -0.0679. The molecule has 3 rings (SSSR count). The van der Waals surface area contributed by atoms with Crippen molar-refractivity contribution in [2.24, 2.45) is 0 Å². The van der Waals surface area contributed by atoms with E-state index < -0.39 is 10.0 Å². The average molecular weight is 367 g/mol. The molecule has 1 aromatic carbocycles. The van der Waals surface area contributed by atoms with Crippen LogP contribution in [0.2, 0.25) is 0 Å². The second-order valence-corrected chi connectivity index (χ2v) is 9.17. The standard InChI is InChI=1S/C19H30N2O3S/c1-15-13-21(14-16(2)24-15)11-5-10-20-25(22,23)19-9-8-17-6-3-4-7-18(17)12-19/h8-9,12,15-16,20H,3-7,10-11,13-14H2,1-2H3. The second-order valence-electron chi connectivity index (χ2n) is 7.41. The minimum absolute atomic E-state index is 0.246. The molecule has 0 saturated carbocycles. The van der Waals surface area contributed by atoms with Crippen molar-refractivity contribution in [2.45, 2.75) is 63.1 Å². The van der Waals surface area contributed by atoms with Crippen LogP contribution in [-0.2, 0) is 27.6 Å². The molecule has 1 aliphatic heterocycles. The van der Waals surface area contributed by atoms with Crippen molar-refractivity contribution in [1.82, 2.24) is 9.62 Å². The van der Waals surface area contributed by atoms with Gasteiger partial charge in [0, 0.05) is 19.6 Å². The van der Waals surface area contributed by atoms with Crippen molar-refractivity contribution < 1.29 is 13.2 Å². The highest BCUT2D eigenvalue weighted by Crippen LogP contribution is 2.24. The van der Waals surface area contributed by atoms with Crippen LogP contribution >= 0.6 is 0 Å². The van der Waals surface area contributed by atoms with Gasteiger partial charge in [-0.25, -0.2) is 13.1 Å². The molecule has 0 aromatic heterocycles. The first kappa shape index (κ1) is 18.8. The maximum Gasteiger partial charge on any atom is 0.240 e. The third-order valence-electron chi connectivity index (χ3n) is 5.07. The van der Waals surface area contributed by atoms with E-state index in [1.54, 1.807) is 6.07 Å². The van der Waals surface area contributed by atoms with Gasteiger partial charge in [0.1, 0.15) is 0 Å². The maximum absolute atomic E-state index is 12.5. The van der Waals surface area contributed by atoms with Gasteiger partial charge >= 0.3 is 0 Å². The molecule has 5 nitrogen and oxygen atoms in total. The largest absolute Gasteiger partial charge is 0.373 e. The molecule has 1 aliphatic carbocycles. The van der Waals surface area contributed by atoms with E-state index in [2.05, 4.69) is 23.5 Å². The number of hydrogen-bond acceptors (Lipinski definition) is 4. The van der Waals surface area contributed by atoms with Crippen LogP contribution in [0.5, 0.6) is 0 Å². The molecule has 2 atom stereocenters. The molecule has 1 heterocycles. The van der Waals surface area contributed by atoms with Crippen LogP contribution < -0.4 is 4.72 Å². The molecule has 1 aromatic rings. The second kappa shape index (κ2) is 8.16. The first-order valence-corrected chi connectivity index (χ1v) is 10.9. The zero-order valence-electron chi connectivity index (χ0n) is 15.3. The van der Waals surface area contributed by atoms with Crippen LogP contribution in [0.25, 0.3) is 0 Å². The topological polar surface area (TPSA) is 58.6 Å². The number of morpholine rings is 1. The fraction of sp³-hybridized carbons (Fsp3) is 0.684. The van der Waals surface area contributed by atoms with Crippen LogP contribution in [0.4, 0.5) is 0 Å². The third-order valence-corrected chi connectivity index (χ3v) is 6.53. The number of benzene rings is 1. The van der Waals surface area contributed by atoms with Gasteiger partial charge in [-0.1, -0.05) is 6.07 Å². The summed E-state index contributed by atoms with van der Waals surface area (Å²) in [4.78, 5) is 2.76. The molecule has 1 fully saturated rings. The summed E-state index contributed by atoms with van der Waals surface area (Å²) in [5.41, 5.74) is 2.51. The molecule has 140 valence electrons. The fourth-order valence-corrected chi connectivity index (χ4v) is 5.06. The Morgan fingerprint density at radius 1 is 1.12 bits per heavy atom. The van der Waals surface area contributed by atoms with Gasteiger partial charge in [-0.2, -0.15) is 0 Å². The number of aryl methyl sites for hydroxylation is 2. The van der Waals surface area contributed by atoms with Crippen LogP contribution in [0.1, 0.15) is 44.2 Å². The highest BCUT2D eigenvalue weighted by atomic mass is 32.2. The van der Waals surface area contributed by atoms with Crippen LogP contribution in [0.3, 0.4) is 0 Å². The minimum Gasteiger partial charge on any atom is -0.373 e. The Bertz CT molecular complexity index is 680. The van der Waals surface area contributed by atoms with Gasteiger partial charge in [0.2, 0.25) is 10.0 Å². The fourth-order valence-electron chi connectivity index (χ4n) is 3.94. The van der Waals surface area contributed by atoms with Crippen molar-refractivity contribution in [3.8, 4) is 0 Å². The van der Waals surface area contributed by atoms with Gasteiger partial charge in [-0.3, -0.25) is 4.90 Å². The first-order chi connectivity index (χ1) is 11.9. The summed E-state index contributed by atoms with van der Waals surface area (Å²) in [6.45, 7) is 7.37. The summed E-state index contributed by atoms with van der Waals surface area (Å²) in [6, 6.07) is 5.60. The highest BCUT2D eigenvalue weighted by Gasteiger charge is 2.22. The van der Waals surface area contributed by atoms with Gasteiger partial charge in [0.25, 0.3) is 0 Å². The van der Waals surface area contributed by atoms with Crippen molar-refractivity contribution in [2.75, 3.05) is 26.2 Å². The predicted octanol–water partition coefficient (Wildman–Crippen LogP) is 2.34. The molecule has 2 aliphatic rings. The SMILES string of the molecule is CC1CN(CCCNS(=O)(=O)c2ccc3c(c2)CCCC3)CC(C)O1. The Morgan fingerprint density at radius 2 is 1.80 bits per heavy atom. The molecule has 6 heteroatoms. The molecule has 0 bridgehead atoms. The molecular formula is C19H30N2O3S. The lowest BCUT2D eigenvalue weighted by atomic mass is 9.92. The van der Waals surface area contributed by atoms with E-state index >= 15 is 0 Å².